The fourth-order valence-electron chi connectivity index (χ4n) is 3.96. The van der Waals surface area contributed by atoms with E-state index in [9.17, 15) is 31.5 Å². The van der Waals surface area contributed by atoms with Gasteiger partial charge in [-0.2, -0.15) is 17.6 Å². The zero-order chi connectivity index (χ0) is 24.6. The second-order valence-electron chi connectivity index (χ2n) is 7.86. The summed E-state index contributed by atoms with van der Waals surface area (Å²) in [6, 6.07) is 4.45. The lowest BCUT2D eigenvalue weighted by atomic mass is 9.84. The Morgan fingerprint density at radius 2 is 2.00 bits per heavy atom. The van der Waals surface area contributed by atoms with Crippen LogP contribution in [-0.2, 0) is 9.53 Å². The molecule has 33 heavy (non-hydrogen) atoms. The first-order valence-corrected chi connectivity index (χ1v) is 9.67. The highest BCUT2D eigenvalue weighted by molar-refractivity contribution is 5.97. The molecule has 2 heterocycles. The number of amides is 2. The summed E-state index contributed by atoms with van der Waals surface area (Å²) >= 11 is 0. The summed E-state index contributed by atoms with van der Waals surface area (Å²) in [5, 5.41) is 2.44. The number of ether oxygens (including phenoxy) is 2. The van der Waals surface area contributed by atoms with Crippen LogP contribution in [0.15, 0.2) is 30.5 Å². The van der Waals surface area contributed by atoms with Gasteiger partial charge in [0.1, 0.15) is 11.8 Å². The average molecular weight is 473 g/mol. The summed E-state index contributed by atoms with van der Waals surface area (Å²) in [7, 11) is 1.07. The predicted octanol–water partition coefficient (Wildman–Crippen LogP) is 3.69. The van der Waals surface area contributed by atoms with Crippen LogP contribution in [0.4, 0.5) is 27.6 Å². The van der Waals surface area contributed by atoms with Crippen LogP contribution in [0.1, 0.15) is 41.7 Å². The van der Waals surface area contributed by atoms with E-state index in [1.165, 1.54) is 25.3 Å². The molecule has 1 aromatic heterocycles. The van der Waals surface area contributed by atoms with Gasteiger partial charge in [-0.05, 0) is 31.5 Å². The van der Waals surface area contributed by atoms with Crippen molar-refractivity contribution in [2.75, 3.05) is 12.4 Å². The molecule has 3 N–H and O–H groups in total. The molecule has 1 aromatic carbocycles. The lowest BCUT2D eigenvalue weighted by Gasteiger charge is -2.25. The second-order valence-corrected chi connectivity index (χ2v) is 7.86. The van der Waals surface area contributed by atoms with Gasteiger partial charge >= 0.3 is 6.18 Å². The first-order valence-electron chi connectivity index (χ1n) is 9.67. The number of benzene rings is 1. The molecule has 1 aliphatic rings. The van der Waals surface area contributed by atoms with Crippen LogP contribution in [-0.4, -0.2) is 41.8 Å². The molecule has 1 aliphatic heterocycles. The van der Waals surface area contributed by atoms with Crippen molar-refractivity contribution >= 4 is 17.5 Å². The Bertz CT molecular complexity index is 1080. The number of anilines is 1. The molecule has 0 bridgehead atoms. The van der Waals surface area contributed by atoms with Crippen LogP contribution >= 0.6 is 0 Å². The summed E-state index contributed by atoms with van der Waals surface area (Å²) in [6.07, 6.45) is -6.61. The molecule has 0 unspecified atom stereocenters. The third-order valence-electron chi connectivity index (χ3n) is 5.23. The van der Waals surface area contributed by atoms with E-state index >= 15 is 0 Å². The first kappa shape index (κ1) is 24.4. The molecular weight excluding hydrogens is 453 g/mol. The highest BCUT2D eigenvalue weighted by Gasteiger charge is 2.52. The number of aromatic nitrogens is 1. The van der Waals surface area contributed by atoms with Gasteiger partial charge in [0.25, 0.3) is 11.8 Å². The molecule has 178 valence electrons. The fourth-order valence-corrected chi connectivity index (χ4v) is 3.96. The number of nitrogens with two attached hydrogens (primary N) is 1. The standard InChI is InChI=1S/C21H20F5N3O4/c1-20(9-21(24,25)26)8-12(11-3-4-13(22)15(23)16(11)32-2)17(33-20)19(31)29-10-5-6-28-14(7-10)18(27)30/h3-7,12,17H,8-9H2,1-2H3,(H2,27,30)(H,28,29,31)/t12-,17-,20-/m0/s1. The van der Waals surface area contributed by atoms with Gasteiger partial charge < -0.3 is 20.5 Å². The average Bonchev–Trinajstić information content (AvgIpc) is 3.05. The Hall–Kier alpha value is -3.28. The van der Waals surface area contributed by atoms with Gasteiger partial charge in [0.15, 0.2) is 11.6 Å². The molecule has 0 aliphatic carbocycles. The summed E-state index contributed by atoms with van der Waals surface area (Å²) in [6.45, 7) is 1.19. The van der Waals surface area contributed by atoms with Crippen molar-refractivity contribution < 1.29 is 41.0 Å². The number of carbonyl (C=O) groups is 2. The van der Waals surface area contributed by atoms with Gasteiger partial charge in [-0.3, -0.25) is 14.6 Å². The number of methoxy groups -OCH3 is 1. The second kappa shape index (κ2) is 8.93. The summed E-state index contributed by atoms with van der Waals surface area (Å²) in [5.41, 5.74) is 3.26. The number of rotatable bonds is 6. The Kier molecular flexibility index (Phi) is 6.59. The molecule has 3 atom stereocenters. The molecule has 2 amide bonds. The van der Waals surface area contributed by atoms with Crippen LogP contribution in [0, 0.1) is 11.6 Å². The minimum Gasteiger partial charge on any atom is -0.493 e. The molecule has 0 spiro atoms. The van der Waals surface area contributed by atoms with Crippen molar-refractivity contribution in [3.63, 3.8) is 0 Å². The van der Waals surface area contributed by atoms with Gasteiger partial charge in [0.05, 0.1) is 19.1 Å². The molecule has 1 saturated heterocycles. The van der Waals surface area contributed by atoms with Crippen molar-refractivity contribution in [2.24, 2.45) is 5.73 Å². The van der Waals surface area contributed by atoms with E-state index < -0.39 is 59.4 Å². The van der Waals surface area contributed by atoms with E-state index in [0.29, 0.717) is 0 Å². The zero-order valence-electron chi connectivity index (χ0n) is 17.5. The summed E-state index contributed by atoms with van der Waals surface area (Å²) < 4.78 is 78.0. The summed E-state index contributed by atoms with van der Waals surface area (Å²) in [5.74, 6) is -5.90. The van der Waals surface area contributed by atoms with Crippen LogP contribution in [0.3, 0.4) is 0 Å². The number of halogens is 5. The van der Waals surface area contributed by atoms with E-state index in [0.717, 1.165) is 19.2 Å². The Morgan fingerprint density at radius 1 is 1.30 bits per heavy atom. The molecule has 12 heteroatoms. The number of nitrogens with one attached hydrogen (secondary N) is 1. The predicted molar refractivity (Wildman–Crippen MR) is 106 cm³/mol. The van der Waals surface area contributed by atoms with Gasteiger partial charge in [-0.25, -0.2) is 4.39 Å². The quantitative estimate of drug-likeness (QED) is 0.623. The third kappa shape index (κ3) is 5.38. The van der Waals surface area contributed by atoms with E-state index in [2.05, 4.69) is 10.3 Å². The van der Waals surface area contributed by atoms with E-state index in [1.807, 2.05) is 0 Å². The Labute approximate surface area is 185 Å². The van der Waals surface area contributed by atoms with Gasteiger partial charge in [-0.15, -0.1) is 0 Å². The van der Waals surface area contributed by atoms with Gasteiger partial charge in [-0.1, -0.05) is 6.07 Å². The largest absolute Gasteiger partial charge is 0.493 e. The SMILES string of the molecule is COc1c([C@@H]2C[C@@](C)(CC(F)(F)F)O[C@@H]2C(=O)Nc2ccnc(C(N)=O)c2)ccc(F)c1F. The maximum atomic E-state index is 14.3. The lowest BCUT2D eigenvalue weighted by Crippen LogP contribution is -2.36. The number of alkyl halides is 3. The normalized spacial score (nSPS) is 22.8. The van der Waals surface area contributed by atoms with E-state index in [-0.39, 0.29) is 23.4 Å². The van der Waals surface area contributed by atoms with Gasteiger partial charge in [0.2, 0.25) is 5.82 Å². The fraction of sp³-hybridized carbons (Fsp3) is 0.381. The smallest absolute Gasteiger partial charge is 0.391 e. The molecule has 7 nitrogen and oxygen atoms in total. The van der Waals surface area contributed by atoms with Crippen molar-refractivity contribution in [1.82, 2.24) is 4.98 Å². The maximum absolute atomic E-state index is 14.3. The highest BCUT2D eigenvalue weighted by Crippen LogP contribution is 2.49. The molecule has 3 rings (SSSR count). The monoisotopic (exact) mass is 473 g/mol. The third-order valence-corrected chi connectivity index (χ3v) is 5.23. The molecular formula is C21H20F5N3O4. The van der Waals surface area contributed by atoms with E-state index in [1.54, 1.807) is 0 Å². The summed E-state index contributed by atoms with van der Waals surface area (Å²) in [4.78, 5) is 28.1. The minimum atomic E-state index is -4.61. The highest BCUT2D eigenvalue weighted by atomic mass is 19.4. The van der Waals surface area contributed by atoms with Crippen molar-refractivity contribution in [1.29, 1.82) is 0 Å². The van der Waals surface area contributed by atoms with Crippen molar-refractivity contribution in [2.45, 2.75) is 43.6 Å². The number of pyridine rings is 1. The maximum Gasteiger partial charge on any atom is 0.391 e. The molecule has 2 aromatic rings. The zero-order valence-corrected chi connectivity index (χ0v) is 17.5. The topological polar surface area (TPSA) is 104 Å². The minimum absolute atomic E-state index is 0.0185. The Morgan fingerprint density at radius 3 is 2.61 bits per heavy atom. The van der Waals surface area contributed by atoms with Crippen LogP contribution in [0.5, 0.6) is 5.75 Å². The van der Waals surface area contributed by atoms with Crippen molar-refractivity contribution in [3.05, 3.63) is 53.4 Å². The number of hydrogen-bond donors (Lipinski definition) is 2. The number of primary amides is 1. The Balaban J connectivity index is 1.99. The number of carbonyl (C=O) groups excluding carboxylic acids is 2. The number of nitrogens with zero attached hydrogens (tertiary/aromatic N) is 1. The first-order chi connectivity index (χ1) is 15.3. The lowest BCUT2D eigenvalue weighted by molar-refractivity contribution is -0.182. The molecule has 0 saturated carbocycles. The van der Waals surface area contributed by atoms with Crippen LogP contribution in [0.2, 0.25) is 0 Å². The molecule has 1 fully saturated rings. The van der Waals surface area contributed by atoms with Crippen LogP contribution in [0.25, 0.3) is 0 Å². The number of hydrogen-bond acceptors (Lipinski definition) is 5. The van der Waals surface area contributed by atoms with Gasteiger partial charge in [0, 0.05) is 23.4 Å². The van der Waals surface area contributed by atoms with Crippen LogP contribution < -0.4 is 15.8 Å². The van der Waals surface area contributed by atoms with E-state index in [4.69, 9.17) is 15.2 Å². The molecule has 0 radical (unpaired) electrons. The van der Waals surface area contributed by atoms with Crippen molar-refractivity contribution in [3.8, 4) is 5.75 Å².